The zero-order valence-electron chi connectivity index (χ0n) is 17.4. The lowest BCUT2D eigenvalue weighted by atomic mass is 10.2. The van der Waals surface area contributed by atoms with Gasteiger partial charge in [-0.2, -0.15) is 9.30 Å². The summed E-state index contributed by atoms with van der Waals surface area (Å²) in [5, 5.41) is 0.619. The number of aryl methyl sites for hydroxylation is 1. The van der Waals surface area contributed by atoms with Crippen LogP contribution < -0.4 is 4.80 Å². The van der Waals surface area contributed by atoms with Gasteiger partial charge in [-0.05, 0) is 61.5 Å². The van der Waals surface area contributed by atoms with E-state index in [1.165, 1.54) is 53.2 Å². The molecular formula is C22H20ClN3O4S2. The lowest BCUT2D eigenvalue weighted by Crippen LogP contribution is -2.26. The van der Waals surface area contributed by atoms with E-state index in [2.05, 4.69) is 4.99 Å². The number of benzene rings is 2. The number of nitrogens with zero attached hydrogens (tertiary/aromatic N) is 3. The molecule has 0 saturated heterocycles. The van der Waals surface area contributed by atoms with Crippen LogP contribution in [0.15, 0.2) is 75.2 Å². The molecule has 4 aromatic rings. The van der Waals surface area contributed by atoms with E-state index in [0.717, 1.165) is 10.2 Å². The summed E-state index contributed by atoms with van der Waals surface area (Å²) in [6, 6.07) is 14.7. The molecule has 0 radical (unpaired) electrons. The van der Waals surface area contributed by atoms with E-state index in [1.807, 2.05) is 23.6 Å². The van der Waals surface area contributed by atoms with Crippen molar-refractivity contribution < 1.29 is 17.6 Å². The minimum absolute atomic E-state index is 0.0863. The van der Waals surface area contributed by atoms with Crippen molar-refractivity contribution in [2.24, 2.45) is 4.99 Å². The topological polar surface area (TPSA) is 84.9 Å². The number of hydrogen-bond acceptors (Lipinski definition) is 5. The highest BCUT2D eigenvalue weighted by atomic mass is 35.5. The summed E-state index contributed by atoms with van der Waals surface area (Å²) < 4.78 is 34.9. The SMILES string of the molecule is CCn1c(=NC(=O)c2ccc(S(=O)(=O)N(C)Cc3ccco3)cc2)sc2cc(Cl)ccc21. The third kappa shape index (κ3) is 4.42. The summed E-state index contributed by atoms with van der Waals surface area (Å²) in [7, 11) is -2.26. The number of halogens is 1. The molecule has 0 unspecified atom stereocenters. The van der Waals surface area contributed by atoms with Gasteiger partial charge in [0.1, 0.15) is 5.76 Å². The number of hydrogen-bond donors (Lipinski definition) is 0. The first-order valence-corrected chi connectivity index (χ1v) is 12.4. The van der Waals surface area contributed by atoms with Gasteiger partial charge in [0.2, 0.25) is 10.0 Å². The van der Waals surface area contributed by atoms with Gasteiger partial charge >= 0.3 is 0 Å². The predicted octanol–water partition coefficient (Wildman–Crippen LogP) is 4.53. The number of aromatic nitrogens is 1. The van der Waals surface area contributed by atoms with Crippen LogP contribution in [0.25, 0.3) is 10.2 Å². The van der Waals surface area contributed by atoms with Crippen LogP contribution in [0.4, 0.5) is 0 Å². The fraction of sp³-hybridized carbons (Fsp3) is 0.182. The molecule has 2 aromatic heterocycles. The maximum atomic E-state index is 12.8. The highest BCUT2D eigenvalue weighted by Gasteiger charge is 2.22. The highest BCUT2D eigenvalue weighted by Crippen LogP contribution is 2.22. The number of sulfonamides is 1. The first kappa shape index (κ1) is 22.5. The summed E-state index contributed by atoms with van der Waals surface area (Å²) in [4.78, 5) is 17.7. The van der Waals surface area contributed by atoms with Gasteiger partial charge in [0.15, 0.2) is 4.80 Å². The van der Waals surface area contributed by atoms with E-state index < -0.39 is 15.9 Å². The van der Waals surface area contributed by atoms with Crippen LogP contribution >= 0.6 is 22.9 Å². The Kier molecular flexibility index (Phi) is 6.34. The van der Waals surface area contributed by atoms with Crippen molar-refractivity contribution in [1.29, 1.82) is 0 Å². The van der Waals surface area contributed by atoms with Crippen LogP contribution in [0.2, 0.25) is 5.02 Å². The normalized spacial score (nSPS) is 12.7. The number of furan rings is 1. The Balaban J connectivity index is 1.60. The van der Waals surface area contributed by atoms with Gasteiger partial charge in [-0.1, -0.05) is 22.9 Å². The summed E-state index contributed by atoms with van der Waals surface area (Å²) in [5.74, 6) is 0.0910. The monoisotopic (exact) mass is 489 g/mol. The second-order valence-electron chi connectivity index (χ2n) is 7.02. The van der Waals surface area contributed by atoms with Crippen molar-refractivity contribution in [2.45, 2.75) is 24.9 Å². The molecule has 0 aliphatic heterocycles. The summed E-state index contributed by atoms with van der Waals surface area (Å²) in [6.45, 7) is 2.73. The molecule has 0 aliphatic carbocycles. The molecular weight excluding hydrogens is 470 g/mol. The fourth-order valence-corrected chi connectivity index (χ4v) is 5.75. The van der Waals surface area contributed by atoms with Crippen LogP contribution in [0, 0.1) is 0 Å². The van der Waals surface area contributed by atoms with Gasteiger partial charge in [0.25, 0.3) is 5.91 Å². The van der Waals surface area contributed by atoms with Crippen molar-refractivity contribution in [3.8, 4) is 0 Å². The minimum Gasteiger partial charge on any atom is -0.468 e. The molecule has 2 aromatic carbocycles. The molecule has 0 N–H and O–H groups in total. The third-order valence-electron chi connectivity index (χ3n) is 4.93. The third-order valence-corrected chi connectivity index (χ3v) is 8.02. The molecule has 0 spiro atoms. The van der Waals surface area contributed by atoms with Crippen molar-refractivity contribution in [3.05, 3.63) is 82.0 Å². The predicted molar refractivity (Wildman–Crippen MR) is 124 cm³/mol. The maximum Gasteiger partial charge on any atom is 0.279 e. The van der Waals surface area contributed by atoms with Crippen molar-refractivity contribution in [2.75, 3.05) is 7.05 Å². The van der Waals surface area contributed by atoms with E-state index in [4.69, 9.17) is 16.0 Å². The van der Waals surface area contributed by atoms with E-state index in [1.54, 1.807) is 18.2 Å². The standard InChI is InChI=1S/C22H20ClN3O4S2/c1-3-26-19-11-8-16(23)13-20(19)31-22(26)24-21(27)15-6-9-18(10-7-15)32(28,29)25(2)14-17-5-4-12-30-17/h4-13H,3,14H2,1-2H3. The Morgan fingerprint density at radius 3 is 2.59 bits per heavy atom. The molecule has 0 bridgehead atoms. The molecule has 1 amide bonds. The number of thiazole rings is 1. The Hall–Kier alpha value is -2.72. The quantitative estimate of drug-likeness (QED) is 0.398. The first-order chi connectivity index (χ1) is 15.3. The molecule has 0 saturated carbocycles. The maximum absolute atomic E-state index is 12.8. The van der Waals surface area contributed by atoms with Crippen LogP contribution in [-0.2, 0) is 23.1 Å². The van der Waals surface area contributed by atoms with E-state index >= 15 is 0 Å². The zero-order valence-corrected chi connectivity index (χ0v) is 19.7. The molecule has 0 atom stereocenters. The summed E-state index contributed by atoms with van der Waals surface area (Å²) in [5.41, 5.74) is 1.25. The van der Waals surface area contributed by atoms with Crippen molar-refractivity contribution >= 4 is 49.1 Å². The van der Waals surface area contributed by atoms with Gasteiger partial charge in [-0.3, -0.25) is 4.79 Å². The Morgan fingerprint density at radius 1 is 1.19 bits per heavy atom. The van der Waals surface area contributed by atoms with E-state index in [-0.39, 0.29) is 11.4 Å². The lowest BCUT2D eigenvalue weighted by Gasteiger charge is -2.16. The van der Waals surface area contributed by atoms with E-state index in [0.29, 0.717) is 27.7 Å². The van der Waals surface area contributed by atoms with Crippen LogP contribution in [0.5, 0.6) is 0 Å². The molecule has 0 fully saturated rings. The van der Waals surface area contributed by atoms with Gasteiger partial charge in [-0.15, -0.1) is 0 Å². The van der Waals surface area contributed by atoms with Crippen LogP contribution in [0.3, 0.4) is 0 Å². The second kappa shape index (κ2) is 9.03. The fourth-order valence-electron chi connectivity index (χ4n) is 3.25. The van der Waals surface area contributed by atoms with Crippen molar-refractivity contribution in [1.82, 2.24) is 8.87 Å². The zero-order chi connectivity index (χ0) is 22.9. The van der Waals surface area contributed by atoms with Crippen LogP contribution in [0.1, 0.15) is 23.0 Å². The average Bonchev–Trinajstić information content (AvgIpc) is 3.40. The van der Waals surface area contributed by atoms with Gasteiger partial charge in [0, 0.05) is 24.2 Å². The number of rotatable bonds is 6. The Labute approximate surface area is 194 Å². The average molecular weight is 490 g/mol. The van der Waals surface area contributed by atoms with Crippen LogP contribution in [-0.4, -0.2) is 30.2 Å². The molecule has 7 nitrogen and oxygen atoms in total. The molecule has 32 heavy (non-hydrogen) atoms. The van der Waals surface area contributed by atoms with Gasteiger partial charge < -0.3 is 8.98 Å². The molecule has 166 valence electrons. The first-order valence-electron chi connectivity index (χ1n) is 9.76. The van der Waals surface area contributed by atoms with Gasteiger partial charge in [-0.25, -0.2) is 8.42 Å². The summed E-state index contributed by atoms with van der Waals surface area (Å²) in [6.07, 6.45) is 1.49. The lowest BCUT2D eigenvalue weighted by molar-refractivity contribution is 0.0997. The molecule has 10 heteroatoms. The van der Waals surface area contributed by atoms with Crippen molar-refractivity contribution in [3.63, 3.8) is 0 Å². The highest BCUT2D eigenvalue weighted by molar-refractivity contribution is 7.89. The van der Waals surface area contributed by atoms with E-state index in [9.17, 15) is 13.2 Å². The number of carbonyl (C=O) groups excluding carboxylic acids is 1. The summed E-state index contributed by atoms with van der Waals surface area (Å²) >= 11 is 7.46. The molecule has 4 rings (SSSR count). The molecule has 2 heterocycles. The largest absolute Gasteiger partial charge is 0.468 e. The second-order valence-corrected chi connectivity index (χ2v) is 10.5. The van der Waals surface area contributed by atoms with Gasteiger partial charge in [0.05, 0.1) is 27.9 Å². The smallest absolute Gasteiger partial charge is 0.279 e. The Morgan fingerprint density at radius 2 is 1.94 bits per heavy atom. The number of carbonyl (C=O) groups is 1. The number of fused-ring (bicyclic) bond motifs is 1. The Bertz CT molecular complexity index is 1440. The molecule has 0 aliphatic rings. The minimum atomic E-state index is -3.73. The number of amides is 1.